The first-order chi connectivity index (χ1) is 10.3. The van der Waals surface area contributed by atoms with Crippen molar-refractivity contribution in [1.82, 2.24) is 5.16 Å². The zero-order valence-corrected chi connectivity index (χ0v) is 12.0. The van der Waals surface area contributed by atoms with Crippen LogP contribution < -0.4 is 9.47 Å². The fourth-order valence-electron chi connectivity index (χ4n) is 1.77. The van der Waals surface area contributed by atoms with Crippen molar-refractivity contribution in [3.63, 3.8) is 0 Å². The van der Waals surface area contributed by atoms with Gasteiger partial charge in [-0.2, -0.15) is 0 Å². The Bertz CT molecular complexity index is 593. The number of aromatic nitrogens is 1. The van der Waals surface area contributed by atoms with Gasteiger partial charge in [-0.1, -0.05) is 5.16 Å². The second-order valence-electron chi connectivity index (χ2n) is 4.26. The molecule has 2 aromatic rings. The van der Waals surface area contributed by atoms with Gasteiger partial charge in [0.2, 0.25) is 0 Å². The summed E-state index contributed by atoms with van der Waals surface area (Å²) >= 11 is 0. The van der Waals surface area contributed by atoms with E-state index in [-0.39, 0.29) is 6.61 Å². The quantitative estimate of drug-likeness (QED) is 0.696. The minimum absolute atomic E-state index is 0.244. The predicted octanol–water partition coefficient (Wildman–Crippen LogP) is 2.61. The molecule has 0 saturated carbocycles. The van der Waals surface area contributed by atoms with Crippen molar-refractivity contribution in [2.24, 2.45) is 0 Å². The van der Waals surface area contributed by atoms with Gasteiger partial charge in [0.25, 0.3) is 0 Å². The van der Waals surface area contributed by atoms with Gasteiger partial charge in [-0.3, -0.25) is 4.79 Å². The molecule has 0 aliphatic carbocycles. The van der Waals surface area contributed by atoms with E-state index >= 15 is 0 Å². The topological polar surface area (TPSA) is 70.8 Å². The Morgan fingerprint density at radius 2 is 2.05 bits per heavy atom. The lowest BCUT2D eigenvalue weighted by molar-refractivity contribution is 0.112. The summed E-state index contributed by atoms with van der Waals surface area (Å²) < 4.78 is 21.2. The predicted molar refractivity (Wildman–Crippen MR) is 74.5 cm³/mol. The van der Waals surface area contributed by atoms with Gasteiger partial charge in [-0.25, -0.2) is 0 Å². The molecule has 6 nitrogen and oxygen atoms in total. The maximum atomic E-state index is 10.8. The Labute approximate surface area is 122 Å². The van der Waals surface area contributed by atoms with E-state index in [2.05, 4.69) is 5.16 Å². The molecule has 0 bridgehead atoms. The molecule has 0 atom stereocenters. The Kier molecular flexibility index (Phi) is 5.34. The number of rotatable bonds is 8. The number of carbonyl (C=O) groups is 1. The summed E-state index contributed by atoms with van der Waals surface area (Å²) in [5.74, 6) is 1.72. The lowest BCUT2D eigenvalue weighted by atomic mass is 10.2. The van der Waals surface area contributed by atoms with E-state index in [4.69, 9.17) is 18.7 Å². The molecule has 0 aliphatic heterocycles. The number of benzene rings is 1. The molecule has 2 rings (SSSR count). The highest BCUT2D eigenvalue weighted by molar-refractivity contribution is 5.76. The van der Waals surface area contributed by atoms with Gasteiger partial charge in [0.05, 0.1) is 6.61 Å². The van der Waals surface area contributed by atoms with Crippen molar-refractivity contribution in [2.45, 2.75) is 20.1 Å². The number of nitrogens with zero attached hydrogens (tertiary/aromatic N) is 1. The van der Waals surface area contributed by atoms with Gasteiger partial charge >= 0.3 is 0 Å². The summed E-state index contributed by atoms with van der Waals surface area (Å²) in [7, 11) is 1.58. The van der Waals surface area contributed by atoms with Crippen LogP contribution in [0.2, 0.25) is 0 Å². The number of hydrogen-bond donors (Lipinski definition) is 0. The van der Waals surface area contributed by atoms with Crippen molar-refractivity contribution in [2.75, 3.05) is 13.7 Å². The smallest absolute Gasteiger partial charge is 0.162 e. The molecule has 1 heterocycles. The zero-order valence-electron chi connectivity index (χ0n) is 12.0. The van der Waals surface area contributed by atoms with Crippen LogP contribution in [-0.4, -0.2) is 25.2 Å². The van der Waals surface area contributed by atoms with Crippen molar-refractivity contribution in [1.29, 1.82) is 0 Å². The molecule has 0 N–H and O–H groups in total. The first-order valence-electron chi connectivity index (χ1n) is 6.55. The number of ether oxygens (including phenoxy) is 3. The minimum atomic E-state index is 0.244. The maximum absolute atomic E-state index is 10.8. The molecule has 0 unspecified atom stereocenters. The van der Waals surface area contributed by atoms with Crippen LogP contribution in [0.3, 0.4) is 0 Å². The second-order valence-corrected chi connectivity index (χ2v) is 4.26. The SMILES string of the molecule is CCOc1cc(C=O)ccc1OCc1cc(COC)on1. The standard InChI is InChI=1S/C15H17NO5/c1-3-19-15-6-11(8-17)4-5-14(15)20-9-12-7-13(10-18-2)21-16-12/h4-8H,3,9-10H2,1-2H3. The van der Waals surface area contributed by atoms with Crippen LogP contribution in [0.1, 0.15) is 28.7 Å². The Morgan fingerprint density at radius 3 is 2.76 bits per heavy atom. The zero-order chi connectivity index (χ0) is 15.1. The van der Waals surface area contributed by atoms with Crippen LogP contribution in [0.5, 0.6) is 11.5 Å². The van der Waals surface area contributed by atoms with Crippen LogP contribution in [-0.2, 0) is 18.0 Å². The molecule has 1 aromatic carbocycles. The fourth-order valence-corrected chi connectivity index (χ4v) is 1.77. The number of aldehydes is 1. The molecule has 112 valence electrons. The average molecular weight is 291 g/mol. The van der Waals surface area contributed by atoms with E-state index < -0.39 is 0 Å². The molecular weight excluding hydrogens is 274 g/mol. The molecule has 0 radical (unpaired) electrons. The van der Waals surface area contributed by atoms with Gasteiger partial charge in [0, 0.05) is 18.7 Å². The highest BCUT2D eigenvalue weighted by Gasteiger charge is 2.09. The first-order valence-corrected chi connectivity index (χ1v) is 6.55. The lowest BCUT2D eigenvalue weighted by Crippen LogP contribution is -2.00. The Hall–Kier alpha value is -2.34. The molecule has 6 heteroatoms. The summed E-state index contributed by atoms with van der Waals surface area (Å²) in [6, 6.07) is 6.78. The third-order valence-corrected chi connectivity index (χ3v) is 2.67. The maximum Gasteiger partial charge on any atom is 0.162 e. The van der Waals surface area contributed by atoms with Crippen molar-refractivity contribution >= 4 is 6.29 Å². The van der Waals surface area contributed by atoms with E-state index in [1.807, 2.05) is 6.92 Å². The molecule has 0 amide bonds. The van der Waals surface area contributed by atoms with Gasteiger partial charge < -0.3 is 18.7 Å². The van der Waals surface area contributed by atoms with Crippen molar-refractivity contribution in [3.05, 3.63) is 41.3 Å². The minimum Gasteiger partial charge on any atom is -0.490 e. The number of carbonyl (C=O) groups excluding carboxylic acids is 1. The molecule has 21 heavy (non-hydrogen) atoms. The van der Waals surface area contributed by atoms with E-state index in [9.17, 15) is 4.79 Å². The van der Waals surface area contributed by atoms with E-state index in [1.165, 1.54) is 0 Å². The van der Waals surface area contributed by atoms with Gasteiger partial charge in [0.1, 0.15) is 25.2 Å². The lowest BCUT2D eigenvalue weighted by Gasteiger charge is -2.11. The third kappa shape index (κ3) is 4.06. The van der Waals surface area contributed by atoms with Crippen LogP contribution in [0.25, 0.3) is 0 Å². The van der Waals surface area contributed by atoms with Gasteiger partial charge in [0.15, 0.2) is 17.3 Å². The second kappa shape index (κ2) is 7.44. The monoisotopic (exact) mass is 291 g/mol. The Balaban J connectivity index is 2.05. The molecule has 0 fully saturated rings. The van der Waals surface area contributed by atoms with Crippen LogP contribution in [0, 0.1) is 0 Å². The number of methoxy groups -OCH3 is 1. The summed E-state index contributed by atoms with van der Waals surface area (Å²) in [6.45, 7) is 2.96. The molecular formula is C15H17NO5. The van der Waals surface area contributed by atoms with Gasteiger partial charge in [-0.15, -0.1) is 0 Å². The summed E-state index contributed by atoms with van der Waals surface area (Å²) in [5, 5.41) is 3.88. The van der Waals surface area contributed by atoms with E-state index in [0.717, 1.165) is 6.29 Å². The van der Waals surface area contributed by atoms with Crippen LogP contribution in [0.15, 0.2) is 28.8 Å². The van der Waals surface area contributed by atoms with Crippen LogP contribution in [0.4, 0.5) is 0 Å². The highest BCUT2D eigenvalue weighted by Crippen LogP contribution is 2.28. The molecule has 0 saturated heterocycles. The normalized spacial score (nSPS) is 10.4. The van der Waals surface area contributed by atoms with Gasteiger partial charge in [-0.05, 0) is 25.1 Å². The van der Waals surface area contributed by atoms with Crippen LogP contribution >= 0.6 is 0 Å². The number of hydrogen-bond acceptors (Lipinski definition) is 6. The molecule has 0 spiro atoms. The summed E-state index contributed by atoms with van der Waals surface area (Å²) in [5.41, 5.74) is 1.19. The first kappa shape index (κ1) is 15.1. The van der Waals surface area contributed by atoms with E-state index in [0.29, 0.717) is 41.7 Å². The molecule has 1 aromatic heterocycles. The Morgan fingerprint density at radius 1 is 1.19 bits per heavy atom. The molecule has 0 aliphatic rings. The largest absolute Gasteiger partial charge is 0.490 e. The third-order valence-electron chi connectivity index (χ3n) is 2.67. The summed E-state index contributed by atoms with van der Waals surface area (Å²) in [6.07, 6.45) is 0.765. The summed E-state index contributed by atoms with van der Waals surface area (Å²) in [4.78, 5) is 10.8. The fraction of sp³-hybridized carbons (Fsp3) is 0.333. The van der Waals surface area contributed by atoms with E-state index in [1.54, 1.807) is 31.4 Å². The van der Waals surface area contributed by atoms with Crippen molar-refractivity contribution < 1.29 is 23.5 Å². The van der Waals surface area contributed by atoms with Crippen molar-refractivity contribution in [3.8, 4) is 11.5 Å². The highest BCUT2D eigenvalue weighted by atomic mass is 16.5. The average Bonchev–Trinajstić information content (AvgIpc) is 2.94.